The molecule has 2 heterocycles. The minimum absolute atomic E-state index is 0.348. The first-order valence-electron chi connectivity index (χ1n) is 7.76. The van der Waals surface area contributed by atoms with Crippen LogP contribution in [0.4, 0.5) is 13.2 Å². The maximum atomic E-state index is 12.9. The standard InChI is InChI=1S/C17H17F3N4O/c1-16(2,11-4-3-5-12(10-11)17(18,19)20)15-23-14(25-24-15)7-6-13-21-8-9-22-13/h3-5,8-10H,6-7H2,1-2H3,(H,21,22). The van der Waals surface area contributed by atoms with Gasteiger partial charge >= 0.3 is 6.18 Å². The molecule has 132 valence electrons. The van der Waals surface area contributed by atoms with Gasteiger partial charge in [0.1, 0.15) is 5.82 Å². The molecule has 3 rings (SSSR count). The number of alkyl halides is 3. The third-order valence-corrected chi connectivity index (χ3v) is 4.07. The van der Waals surface area contributed by atoms with Crippen LogP contribution < -0.4 is 0 Å². The van der Waals surface area contributed by atoms with Crippen LogP contribution in [-0.4, -0.2) is 20.1 Å². The number of H-pyrrole nitrogens is 1. The van der Waals surface area contributed by atoms with E-state index in [0.29, 0.717) is 30.1 Å². The number of nitrogens with zero attached hydrogens (tertiary/aromatic N) is 3. The Balaban J connectivity index is 1.80. The van der Waals surface area contributed by atoms with Crippen LogP contribution in [0.5, 0.6) is 0 Å². The number of aromatic amines is 1. The Kier molecular flexibility index (Phi) is 4.36. The molecule has 2 aromatic heterocycles. The van der Waals surface area contributed by atoms with Gasteiger partial charge in [0.15, 0.2) is 5.82 Å². The van der Waals surface area contributed by atoms with Gasteiger partial charge in [-0.15, -0.1) is 0 Å². The summed E-state index contributed by atoms with van der Waals surface area (Å²) < 4.78 is 44.1. The number of aromatic nitrogens is 4. The average molecular weight is 350 g/mol. The number of aryl methyl sites for hydroxylation is 2. The molecule has 1 N–H and O–H groups in total. The Morgan fingerprint density at radius 3 is 2.56 bits per heavy atom. The van der Waals surface area contributed by atoms with E-state index in [1.54, 1.807) is 32.3 Å². The third kappa shape index (κ3) is 3.72. The summed E-state index contributed by atoms with van der Waals surface area (Å²) in [5.41, 5.74) is -1.03. The maximum Gasteiger partial charge on any atom is 0.416 e. The second-order valence-electron chi connectivity index (χ2n) is 6.25. The van der Waals surface area contributed by atoms with Gasteiger partial charge < -0.3 is 9.51 Å². The molecule has 0 saturated heterocycles. The molecule has 0 aliphatic heterocycles. The molecule has 0 aliphatic carbocycles. The highest BCUT2D eigenvalue weighted by molar-refractivity contribution is 5.35. The second-order valence-corrected chi connectivity index (χ2v) is 6.25. The van der Waals surface area contributed by atoms with E-state index in [0.717, 1.165) is 18.0 Å². The van der Waals surface area contributed by atoms with Crippen molar-refractivity contribution >= 4 is 0 Å². The summed E-state index contributed by atoms with van der Waals surface area (Å²) in [4.78, 5) is 11.4. The topological polar surface area (TPSA) is 67.6 Å². The number of imidazole rings is 1. The van der Waals surface area contributed by atoms with Gasteiger partial charge in [-0.25, -0.2) is 4.98 Å². The van der Waals surface area contributed by atoms with Crippen LogP contribution in [0, 0.1) is 0 Å². The first kappa shape index (κ1) is 17.2. The number of benzene rings is 1. The van der Waals surface area contributed by atoms with Crippen molar-refractivity contribution < 1.29 is 17.7 Å². The van der Waals surface area contributed by atoms with E-state index in [1.165, 1.54) is 6.07 Å². The van der Waals surface area contributed by atoms with Gasteiger partial charge in [0.05, 0.1) is 11.0 Å². The van der Waals surface area contributed by atoms with Crippen LogP contribution in [0.3, 0.4) is 0 Å². The Hall–Kier alpha value is -2.64. The molecular weight excluding hydrogens is 333 g/mol. The van der Waals surface area contributed by atoms with E-state index in [-0.39, 0.29) is 0 Å². The van der Waals surface area contributed by atoms with E-state index < -0.39 is 17.2 Å². The van der Waals surface area contributed by atoms with Gasteiger partial charge in [-0.2, -0.15) is 18.2 Å². The van der Waals surface area contributed by atoms with Gasteiger partial charge in [0, 0.05) is 25.2 Å². The van der Waals surface area contributed by atoms with E-state index in [1.807, 2.05) is 0 Å². The highest BCUT2D eigenvalue weighted by Crippen LogP contribution is 2.35. The van der Waals surface area contributed by atoms with Gasteiger partial charge in [-0.3, -0.25) is 0 Å². The van der Waals surface area contributed by atoms with Crippen molar-refractivity contribution in [2.45, 2.75) is 38.3 Å². The van der Waals surface area contributed by atoms with Crippen molar-refractivity contribution in [1.29, 1.82) is 0 Å². The Morgan fingerprint density at radius 2 is 1.88 bits per heavy atom. The maximum absolute atomic E-state index is 12.9. The van der Waals surface area contributed by atoms with Crippen molar-refractivity contribution in [2.24, 2.45) is 0 Å². The monoisotopic (exact) mass is 350 g/mol. The third-order valence-electron chi connectivity index (χ3n) is 4.07. The van der Waals surface area contributed by atoms with E-state index >= 15 is 0 Å². The molecule has 0 unspecified atom stereocenters. The molecule has 0 fully saturated rings. The van der Waals surface area contributed by atoms with Gasteiger partial charge in [0.2, 0.25) is 5.89 Å². The van der Waals surface area contributed by atoms with E-state index in [4.69, 9.17) is 4.52 Å². The Morgan fingerprint density at radius 1 is 1.12 bits per heavy atom. The molecule has 0 saturated carbocycles. The summed E-state index contributed by atoms with van der Waals surface area (Å²) in [6.07, 6.45) is 0.103. The fraction of sp³-hybridized carbons (Fsp3) is 0.353. The molecule has 1 aromatic carbocycles. The van der Waals surface area contributed by atoms with Crippen molar-refractivity contribution in [1.82, 2.24) is 20.1 Å². The number of nitrogens with one attached hydrogen (secondary N) is 1. The molecule has 5 nitrogen and oxygen atoms in total. The first-order chi connectivity index (χ1) is 11.8. The summed E-state index contributed by atoms with van der Waals surface area (Å²) >= 11 is 0. The smallest absolute Gasteiger partial charge is 0.349 e. The zero-order valence-corrected chi connectivity index (χ0v) is 13.8. The molecule has 0 spiro atoms. The van der Waals surface area contributed by atoms with Crippen LogP contribution in [0.1, 0.15) is 42.5 Å². The van der Waals surface area contributed by atoms with Crippen molar-refractivity contribution in [3.63, 3.8) is 0 Å². The van der Waals surface area contributed by atoms with Crippen molar-refractivity contribution in [3.05, 3.63) is 65.3 Å². The highest BCUT2D eigenvalue weighted by atomic mass is 19.4. The summed E-state index contributed by atoms with van der Waals surface area (Å²) in [5, 5.41) is 3.96. The zero-order chi connectivity index (χ0) is 18.1. The fourth-order valence-electron chi connectivity index (χ4n) is 2.48. The van der Waals surface area contributed by atoms with Crippen molar-refractivity contribution in [2.75, 3.05) is 0 Å². The van der Waals surface area contributed by atoms with Crippen LogP contribution in [0.2, 0.25) is 0 Å². The number of hydrogen-bond donors (Lipinski definition) is 1. The normalized spacial score (nSPS) is 12.5. The molecular formula is C17H17F3N4O. The van der Waals surface area contributed by atoms with Gasteiger partial charge in [-0.1, -0.05) is 23.4 Å². The molecule has 0 atom stereocenters. The summed E-state index contributed by atoms with van der Waals surface area (Å²) in [6.45, 7) is 3.54. The average Bonchev–Trinajstić information content (AvgIpc) is 3.24. The van der Waals surface area contributed by atoms with Crippen LogP contribution >= 0.6 is 0 Å². The molecule has 0 bridgehead atoms. The molecule has 0 radical (unpaired) electrons. The number of rotatable bonds is 5. The first-order valence-corrected chi connectivity index (χ1v) is 7.76. The highest BCUT2D eigenvalue weighted by Gasteiger charge is 2.34. The van der Waals surface area contributed by atoms with E-state index in [2.05, 4.69) is 20.1 Å². The summed E-state index contributed by atoms with van der Waals surface area (Å²) in [5.74, 6) is 1.57. The van der Waals surface area contributed by atoms with Crippen molar-refractivity contribution in [3.8, 4) is 0 Å². The lowest BCUT2D eigenvalue weighted by atomic mass is 9.83. The zero-order valence-electron chi connectivity index (χ0n) is 13.8. The molecule has 0 amide bonds. The fourth-order valence-corrected chi connectivity index (χ4v) is 2.48. The van der Waals surface area contributed by atoms with Crippen LogP contribution in [0.25, 0.3) is 0 Å². The number of halogens is 3. The molecule has 8 heteroatoms. The van der Waals surface area contributed by atoms with Gasteiger partial charge in [0.25, 0.3) is 0 Å². The second kappa shape index (κ2) is 6.34. The lowest BCUT2D eigenvalue weighted by Gasteiger charge is -2.22. The van der Waals surface area contributed by atoms with Gasteiger partial charge in [-0.05, 0) is 25.5 Å². The Bertz CT molecular complexity index is 838. The van der Waals surface area contributed by atoms with E-state index in [9.17, 15) is 13.2 Å². The predicted molar refractivity (Wildman–Crippen MR) is 83.9 cm³/mol. The SMILES string of the molecule is CC(C)(c1cccc(C(F)(F)F)c1)c1noc(CCc2ncc[nH]2)n1. The lowest BCUT2D eigenvalue weighted by Crippen LogP contribution is -2.21. The molecule has 3 aromatic rings. The number of hydrogen-bond acceptors (Lipinski definition) is 4. The lowest BCUT2D eigenvalue weighted by molar-refractivity contribution is -0.137. The summed E-state index contributed by atoms with van der Waals surface area (Å²) in [7, 11) is 0. The quantitative estimate of drug-likeness (QED) is 0.757. The van der Waals surface area contributed by atoms with Crippen LogP contribution in [-0.2, 0) is 24.4 Å². The minimum Gasteiger partial charge on any atom is -0.349 e. The summed E-state index contributed by atoms with van der Waals surface area (Å²) in [6, 6.07) is 5.19. The Labute approximate surface area is 142 Å². The molecule has 0 aliphatic rings. The van der Waals surface area contributed by atoms with Crippen LogP contribution in [0.15, 0.2) is 41.2 Å². The largest absolute Gasteiger partial charge is 0.416 e. The molecule has 25 heavy (non-hydrogen) atoms. The minimum atomic E-state index is -4.39. The predicted octanol–water partition coefficient (Wildman–Crippen LogP) is 3.92.